The molecule has 2 atom stereocenters. The minimum Gasteiger partial charge on any atom is -0.468 e. The van der Waals surface area contributed by atoms with Gasteiger partial charge in [0.2, 0.25) is 15.9 Å². The topological polar surface area (TPSA) is 199 Å². The fourth-order valence-electron chi connectivity index (χ4n) is 3.47. The van der Waals surface area contributed by atoms with Crippen molar-refractivity contribution in [3.05, 3.63) is 46.8 Å². The van der Waals surface area contributed by atoms with Crippen LogP contribution >= 0.6 is 0 Å². The average Bonchev–Trinajstić information content (AvgIpc) is 3.42. The van der Waals surface area contributed by atoms with Gasteiger partial charge in [0, 0.05) is 18.5 Å². The predicted molar refractivity (Wildman–Crippen MR) is 123 cm³/mol. The van der Waals surface area contributed by atoms with Crippen LogP contribution in [0.1, 0.15) is 35.4 Å². The lowest BCUT2D eigenvalue weighted by molar-refractivity contribution is -0.142. The summed E-state index contributed by atoms with van der Waals surface area (Å²) in [6.07, 6.45) is -0.234. The van der Waals surface area contributed by atoms with Crippen LogP contribution in [0, 0.1) is 19.3 Å². The number of amides is 1. The Labute approximate surface area is 201 Å². The molecule has 1 aromatic carbocycles. The Morgan fingerprint density at radius 2 is 1.97 bits per heavy atom. The SMILES string of the molecule is COC(=O)[C@H](CNC(=O)C[C@@H]1CC(c2ccc(C(=N)N)cc2)=NO1)NS(=O)(=O)c1c(C)noc1C. The quantitative estimate of drug-likeness (QED) is 0.196. The van der Waals surface area contributed by atoms with Crippen LogP contribution in [0.4, 0.5) is 0 Å². The van der Waals surface area contributed by atoms with Crippen molar-refractivity contribution >= 4 is 33.4 Å². The van der Waals surface area contributed by atoms with Crippen LogP contribution in [0.3, 0.4) is 0 Å². The first-order valence-electron chi connectivity index (χ1n) is 10.5. The van der Waals surface area contributed by atoms with Gasteiger partial charge in [-0.1, -0.05) is 34.6 Å². The van der Waals surface area contributed by atoms with E-state index in [4.69, 9.17) is 20.5 Å². The first-order chi connectivity index (χ1) is 16.5. The first-order valence-corrected chi connectivity index (χ1v) is 12.0. The standard InChI is InChI=1S/C21H26N6O7S/c1-11-19(12(2)33-25-11)35(30,31)27-17(21(29)32-3)10-24-18(28)9-15-8-16(26-34-15)13-4-6-14(7-5-13)20(22)23/h4-7,15,17,27H,8-10H2,1-3H3,(H3,22,23)(H,24,28)/t15-,17-/m0/s1. The molecule has 0 bridgehead atoms. The van der Waals surface area contributed by atoms with Crippen LogP contribution in [0.5, 0.6) is 0 Å². The van der Waals surface area contributed by atoms with Crippen molar-refractivity contribution in [2.24, 2.45) is 10.9 Å². The lowest BCUT2D eigenvalue weighted by Gasteiger charge is -2.17. The third kappa shape index (κ3) is 6.22. The van der Waals surface area contributed by atoms with Gasteiger partial charge in [0.15, 0.2) is 5.76 Å². The highest BCUT2D eigenvalue weighted by Gasteiger charge is 2.32. The number of nitrogens with one attached hydrogen (secondary N) is 3. The summed E-state index contributed by atoms with van der Waals surface area (Å²) in [5.41, 5.74) is 7.58. The molecule has 0 saturated heterocycles. The number of nitrogens with zero attached hydrogens (tertiary/aromatic N) is 2. The van der Waals surface area contributed by atoms with Crippen LogP contribution in [-0.4, -0.2) is 62.8 Å². The fraction of sp³-hybridized carbons (Fsp3) is 0.381. The molecule has 1 aliphatic heterocycles. The molecule has 1 amide bonds. The van der Waals surface area contributed by atoms with Gasteiger partial charge in [-0.05, 0) is 19.4 Å². The third-order valence-corrected chi connectivity index (χ3v) is 6.91. The zero-order valence-corrected chi connectivity index (χ0v) is 20.1. The maximum Gasteiger partial charge on any atom is 0.325 e. The molecule has 0 saturated carbocycles. The van der Waals surface area contributed by atoms with E-state index >= 15 is 0 Å². The second kappa shape index (κ2) is 10.7. The molecule has 0 fully saturated rings. The average molecular weight is 507 g/mol. The number of methoxy groups -OCH3 is 1. The molecule has 188 valence electrons. The molecule has 0 aliphatic carbocycles. The van der Waals surface area contributed by atoms with Crippen LogP contribution in [-0.2, 0) is 29.2 Å². The van der Waals surface area contributed by atoms with E-state index in [1.54, 1.807) is 24.3 Å². The summed E-state index contributed by atoms with van der Waals surface area (Å²) in [5, 5.41) is 17.6. The van der Waals surface area contributed by atoms with Crippen molar-refractivity contribution in [3.63, 3.8) is 0 Å². The minimum absolute atomic E-state index is 0.0463. The van der Waals surface area contributed by atoms with Gasteiger partial charge in [-0.3, -0.25) is 15.0 Å². The van der Waals surface area contributed by atoms with Gasteiger partial charge >= 0.3 is 5.97 Å². The molecule has 2 aromatic rings. The highest BCUT2D eigenvalue weighted by molar-refractivity contribution is 7.89. The number of aromatic nitrogens is 1. The van der Waals surface area contributed by atoms with Crippen LogP contribution in [0.25, 0.3) is 0 Å². The second-order valence-corrected chi connectivity index (χ2v) is 9.47. The maximum absolute atomic E-state index is 12.7. The summed E-state index contributed by atoms with van der Waals surface area (Å²) < 4.78 is 37.2. The van der Waals surface area contributed by atoms with E-state index in [2.05, 4.69) is 25.1 Å². The minimum atomic E-state index is -4.17. The van der Waals surface area contributed by atoms with Gasteiger partial charge in [0.1, 0.15) is 28.6 Å². The number of hydrogen-bond donors (Lipinski definition) is 4. The number of carbonyl (C=O) groups is 2. The second-order valence-electron chi connectivity index (χ2n) is 7.82. The summed E-state index contributed by atoms with van der Waals surface area (Å²) in [6.45, 7) is 2.54. The number of rotatable bonds is 10. The number of aryl methyl sites for hydroxylation is 2. The number of sulfonamides is 1. The summed E-state index contributed by atoms with van der Waals surface area (Å²) in [7, 11) is -3.07. The summed E-state index contributed by atoms with van der Waals surface area (Å²) in [5.74, 6) is -1.33. The molecular formula is C21H26N6O7S. The number of carbonyl (C=O) groups excluding carboxylic acids is 2. The van der Waals surface area contributed by atoms with Gasteiger partial charge < -0.3 is 25.1 Å². The molecular weight excluding hydrogens is 480 g/mol. The van der Waals surface area contributed by atoms with Gasteiger partial charge in [0.25, 0.3) is 0 Å². The number of nitrogen functional groups attached to an aromatic ring is 1. The molecule has 5 N–H and O–H groups in total. The number of hydrogen-bond acceptors (Lipinski definition) is 10. The normalized spacial score (nSPS) is 16.2. The molecule has 1 aromatic heterocycles. The van der Waals surface area contributed by atoms with E-state index < -0.39 is 34.0 Å². The Morgan fingerprint density at radius 1 is 1.29 bits per heavy atom. The molecule has 1 aliphatic rings. The highest BCUT2D eigenvalue weighted by atomic mass is 32.2. The van der Waals surface area contributed by atoms with E-state index in [9.17, 15) is 18.0 Å². The zero-order chi connectivity index (χ0) is 25.8. The number of amidine groups is 1. The van der Waals surface area contributed by atoms with Gasteiger partial charge in [0.05, 0.1) is 19.2 Å². The Balaban J connectivity index is 1.56. The van der Waals surface area contributed by atoms with Gasteiger partial charge in [-0.25, -0.2) is 8.42 Å². The van der Waals surface area contributed by atoms with E-state index in [-0.39, 0.29) is 35.2 Å². The number of ether oxygens (including phenoxy) is 1. The number of esters is 1. The number of nitrogens with two attached hydrogens (primary N) is 1. The lowest BCUT2D eigenvalue weighted by Crippen LogP contribution is -2.49. The van der Waals surface area contributed by atoms with E-state index in [0.29, 0.717) is 17.7 Å². The molecule has 3 rings (SSSR count). The van der Waals surface area contributed by atoms with Crippen molar-refractivity contribution in [1.29, 1.82) is 5.41 Å². The van der Waals surface area contributed by atoms with Crippen molar-refractivity contribution in [2.75, 3.05) is 13.7 Å². The molecule has 14 heteroatoms. The third-order valence-electron chi connectivity index (χ3n) is 5.20. The van der Waals surface area contributed by atoms with Crippen molar-refractivity contribution in [2.45, 2.75) is 43.7 Å². The Kier molecular flexibility index (Phi) is 7.86. The zero-order valence-electron chi connectivity index (χ0n) is 19.3. The fourth-order valence-corrected chi connectivity index (χ4v) is 4.98. The largest absolute Gasteiger partial charge is 0.468 e. The number of benzene rings is 1. The summed E-state index contributed by atoms with van der Waals surface area (Å²) in [4.78, 5) is 29.8. The van der Waals surface area contributed by atoms with E-state index in [1.807, 2.05) is 0 Å². The van der Waals surface area contributed by atoms with Crippen LogP contribution in [0.15, 0.2) is 38.8 Å². The molecule has 0 spiro atoms. The van der Waals surface area contributed by atoms with Gasteiger partial charge in [-0.15, -0.1) is 0 Å². The summed E-state index contributed by atoms with van der Waals surface area (Å²) in [6, 6.07) is 5.52. The predicted octanol–water partition coefficient (Wildman–Crippen LogP) is 0.0949. The van der Waals surface area contributed by atoms with Crippen molar-refractivity contribution in [1.82, 2.24) is 15.2 Å². The van der Waals surface area contributed by atoms with E-state index in [1.165, 1.54) is 13.8 Å². The van der Waals surface area contributed by atoms with E-state index in [0.717, 1.165) is 12.7 Å². The Hall–Kier alpha value is -3.78. The molecule has 2 heterocycles. The van der Waals surface area contributed by atoms with Gasteiger partial charge in [-0.2, -0.15) is 4.72 Å². The monoisotopic (exact) mass is 506 g/mol. The Morgan fingerprint density at radius 3 is 2.54 bits per heavy atom. The van der Waals surface area contributed by atoms with Crippen LogP contribution in [0.2, 0.25) is 0 Å². The first kappa shape index (κ1) is 25.8. The molecule has 35 heavy (non-hydrogen) atoms. The van der Waals surface area contributed by atoms with Crippen LogP contribution < -0.4 is 15.8 Å². The maximum atomic E-state index is 12.7. The highest BCUT2D eigenvalue weighted by Crippen LogP contribution is 2.20. The summed E-state index contributed by atoms with van der Waals surface area (Å²) >= 11 is 0. The lowest BCUT2D eigenvalue weighted by atomic mass is 10.0. The van der Waals surface area contributed by atoms with Crippen molar-refractivity contribution in [3.8, 4) is 0 Å². The smallest absolute Gasteiger partial charge is 0.325 e. The molecule has 13 nitrogen and oxygen atoms in total. The van der Waals surface area contributed by atoms with Crippen molar-refractivity contribution < 1.29 is 32.1 Å². The molecule has 0 radical (unpaired) electrons. The molecule has 0 unspecified atom stereocenters. The number of oxime groups is 1. The Bertz CT molecular complexity index is 1230.